The van der Waals surface area contributed by atoms with Gasteiger partial charge in [0.05, 0.1) is 12.6 Å². The molecule has 0 saturated carbocycles. The second-order valence-corrected chi connectivity index (χ2v) is 9.07. The Morgan fingerprint density at radius 3 is 2.67 bits per heavy atom. The summed E-state index contributed by atoms with van der Waals surface area (Å²) in [5.41, 5.74) is 2.16. The molecule has 2 aromatic carbocycles. The van der Waals surface area contributed by atoms with E-state index >= 15 is 8.78 Å². The molecule has 3 rings (SSSR count). The zero-order valence-corrected chi connectivity index (χ0v) is 20.4. The largest absolute Gasteiger partial charge is 0.481 e. The van der Waals surface area contributed by atoms with Gasteiger partial charge in [0.15, 0.2) is 0 Å². The van der Waals surface area contributed by atoms with Gasteiger partial charge in [-0.25, -0.2) is 4.79 Å². The maximum absolute atomic E-state index is 15.2. The average molecular weight is 502 g/mol. The van der Waals surface area contributed by atoms with Crippen LogP contribution in [0.5, 0.6) is 0 Å². The first-order chi connectivity index (χ1) is 17.2. The van der Waals surface area contributed by atoms with Gasteiger partial charge >= 0.3 is 18.0 Å². The molecule has 0 radical (unpaired) electrons. The Bertz CT molecular complexity index is 1070. The minimum absolute atomic E-state index is 0.108. The summed E-state index contributed by atoms with van der Waals surface area (Å²) in [7, 11) is 0. The number of rotatable bonds is 12. The van der Waals surface area contributed by atoms with Crippen LogP contribution < -0.4 is 0 Å². The Morgan fingerprint density at radius 1 is 1.17 bits per heavy atom. The van der Waals surface area contributed by atoms with Gasteiger partial charge in [-0.3, -0.25) is 4.79 Å². The monoisotopic (exact) mass is 501 g/mol. The number of hydrogen-bond donors (Lipinski definition) is 2. The van der Waals surface area contributed by atoms with Crippen molar-refractivity contribution < 1.29 is 33.3 Å². The average Bonchev–Trinajstić information content (AvgIpc) is 2.85. The van der Waals surface area contributed by atoms with E-state index in [2.05, 4.69) is 0 Å². The Morgan fingerprint density at radius 2 is 1.92 bits per heavy atom. The van der Waals surface area contributed by atoms with Gasteiger partial charge in [-0.05, 0) is 42.5 Å². The first-order valence-corrected chi connectivity index (χ1v) is 12.3. The lowest BCUT2D eigenvalue weighted by molar-refractivity contribution is -0.137. The third-order valence-corrected chi connectivity index (χ3v) is 6.40. The van der Waals surface area contributed by atoms with Gasteiger partial charge in [-0.2, -0.15) is 8.78 Å². The number of nitrogens with zero attached hydrogens (tertiary/aromatic N) is 1. The van der Waals surface area contributed by atoms with Crippen LogP contribution in [0.3, 0.4) is 0 Å². The second kappa shape index (κ2) is 12.6. The summed E-state index contributed by atoms with van der Waals surface area (Å²) in [6.07, 6.45) is 3.14. The maximum Gasteiger partial charge on any atom is 0.410 e. The van der Waals surface area contributed by atoms with E-state index in [0.29, 0.717) is 31.4 Å². The highest BCUT2D eigenvalue weighted by Crippen LogP contribution is 2.35. The molecule has 0 unspecified atom stereocenters. The summed E-state index contributed by atoms with van der Waals surface area (Å²) in [6, 6.07) is 13.1. The van der Waals surface area contributed by atoms with Crippen LogP contribution in [-0.2, 0) is 15.5 Å². The van der Waals surface area contributed by atoms with Gasteiger partial charge in [-0.1, -0.05) is 67.5 Å². The van der Waals surface area contributed by atoms with Crippen LogP contribution >= 0.6 is 0 Å². The summed E-state index contributed by atoms with van der Waals surface area (Å²) in [5.74, 6) is -4.36. The van der Waals surface area contributed by atoms with Crippen LogP contribution in [0.15, 0.2) is 60.7 Å². The molecule has 0 bridgehead atoms. The van der Waals surface area contributed by atoms with Crippen molar-refractivity contribution in [3.63, 3.8) is 0 Å². The van der Waals surface area contributed by atoms with Gasteiger partial charge < -0.3 is 19.8 Å². The van der Waals surface area contributed by atoms with E-state index in [0.717, 1.165) is 30.0 Å². The van der Waals surface area contributed by atoms with Crippen molar-refractivity contribution in [1.29, 1.82) is 0 Å². The van der Waals surface area contributed by atoms with Crippen molar-refractivity contribution in [1.82, 2.24) is 4.90 Å². The molecule has 1 fully saturated rings. The molecular weight excluding hydrogens is 468 g/mol. The van der Waals surface area contributed by atoms with E-state index in [1.807, 2.05) is 31.2 Å². The fourth-order valence-electron chi connectivity index (χ4n) is 4.33. The number of carboxylic acids is 1. The molecule has 1 saturated heterocycles. The molecular formula is C28H33F2NO5. The number of unbranched alkanes of at least 4 members (excludes halogenated alkanes) is 3. The Hall–Kier alpha value is -3.26. The molecule has 194 valence electrons. The molecule has 1 heterocycles. The number of carbonyl (C=O) groups is 2. The molecule has 8 heteroatoms. The summed E-state index contributed by atoms with van der Waals surface area (Å²) < 4.78 is 35.5. The van der Waals surface area contributed by atoms with E-state index < -0.39 is 30.1 Å². The van der Waals surface area contributed by atoms with Crippen molar-refractivity contribution in [2.45, 2.75) is 63.5 Å². The molecule has 1 aliphatic heterocycles. The van der Waals surface area contributed by atoms with E-state index in [9.17, 15) is 14.7 Å². The number of ether oxygens (including phenoxy) is 1. The zero-order chi connectivity index (χ0) is 26.1. The summed E-state index contributed by atoms with van der Waals surface area (Å²) in [5, 5.41) is 19.1. The van der Waals surface area contributed by atoms with E-state index in [4.69, 9.17) is 9.84 Å². The minimum atomic E-state index is -3.53. The van der Waals surface area contributed by atoms with Crippen LogP contribution in [0.2, 0.25) is 0 Å². The van der Waals surface area contributed by atoms with Crippen LogP contribution in [-0.4, -0.2) is 52.5 Å². The number of alkyl halides is 2. The Kier molecular flexibility index (Phi) is 9.58. The number of benzene rings is 2. The number of cyclic esters (lactones) is 1. The molecule has 0 aliphatic carbocycles. The maximum atomic E-state index is 15.2. The molecule has 2 atom stereocenters. The van der Waals surface area contributed by atoms with Crippen LogP contribution in [0.4, 0.5) is 13.6 Å². The van der Waals surface area contributed by atoms with E-state index in [1.54, 1.807) is 12.1 Å². The van der Waals surface area contributed by atoms with Gasteiger partial charge in [0, 0.05) is 24.9 Å². The van der Waals surface area contributed by atoms with E-state index in [-0.39, 0.29) is 18.6 Å². The smallest absolute Gasteiger partial charge is 0.410 e. The van der Waals surface area contributed by atoms with Gasteiger partial charge in [0.1, 0.15) is 6.10 Å². The molecule has 0 aromatic heterocycles. The minimum Gasteiger partial charge on any atom is -0.481 e. The number of aliphatic carboxylic acids is 1. The Labute approximate surface area is 210 Å². The third-order valence-electron chi connectivity index (χ3n) is 6.40. The lowest BCUT2D eigenvalue weighted by atomic mass is 9.95. The lowest BCUT2D eigenvalue weighted by Crippen LogP contribution is -2.45. The van der Waals surface area contributed by atoms with Gasteiger partial charge in [0.25, 0.3) is 0 Å². The van der Waals surface area contributed by atoms with Crippen LogP contribution in [0.25, 0.3) is 11.1 Å². The van der Waals surface area contributed by atoms with Crippen molar-refractivity contribution in [3.8, 4) is 11.1 Å². The predicted molar refractivity (Wildman–Crippen MR) is 133 cm³/mol. The molecule has 1 aliphatic rings. The number of carboxylic acid groups (broad SMARTS) is 1. The molecule has 2 aromatic rings. The Balaban J connectivity index is 1.66. The highest BCUT2D eigenvalue weighted by Gasteiger charge is 2.39. The zero-order valence-electron chi connectivity index (χ0n) is 20.4. The summed E-state index contributed by atoms with van der Waals surface area (Å²) in [4.78, 5) is 24.3. The third kappa shape index (κ3) is 7.13. The second-order valence-electron chi connectivity index (χ2n) is 9.07. The van der Waals surface area contributed by atoms with Crippen molar-refractivity contribution >= 4 is 12.1 Å². The topological polar surface area (TPSA) is 87.1 Å². The fourth-order valence-corrected chi connectivity index (χ4v) is 4.33. The number of carbonyl (C=O) groups excluding carboxylic acids is 1. The van der Waals surface area contributed by atoms with Crippen LogP contribution in [0.1, 0.15) is 49.7 Å². The van der Waals surface area contributed by atoms with Crippen molar-refractivity contribution in [2.24, 2.45) is 0 Å². The van der Waals surface area contributed by atoms with Gasteiger partial charge in [-0.15, -0.1) is 0 Å². The van der Waals surface area contributed by atoms with E-state index in [1.165, 1.54) is 23.1 Å². The summed E-state index contributed by atoms with van der Waals surface area (Å²) in [6.45, 7) is 2.45. The highest BCUT2D eigenvalue weighted by atomic mass is 19.3. The molecule has 36 heavy (non-hydrogen) atoms. The number of aliphatic hydroxyl groups is 1. The lowest BCUT2D eigenvalue weighted by Gasteiger charge is -2.33. The predicted octanol–water partition coefficient (Wildman–Crippen LogP) is 5.92. The first-order valence-electron chi connectivity index (χ1n) is 12.3. The molecule has 2 N–H and O–H groups in total. The number of hydrogen-bond acceptors (Lipinski definition) is 4. The highest BCUT2D eigenvalue weighted by molar-refractivity contribution is 5.69. The molecule has 6 nitrogen and oxygen atoms in total. The fraction of sp³-hybridized carbons (Fsp3) is 0.429. The van der Waals surface area contributed by atoms with Gasteiger partial charge in [0.2, 0.25) is 0 Å². The number of aliphatic hydroxyl groups excluding tert-OH is 1. The molecule has 1 amide bonds. The quantitative estimate of drug-likeness (QED) is 0.279. The normalized spacial score (nSPS) is 17.3. The number of aryl methyl sites for hydroxylation is 1. The van der Waals surface area contributed by atoms with Crippen LogP contribution in [0, 0.1) is 6.92 Å². The van der Waals surface area contributed by atoms with Crippen molar-refractivity contribution in [3.05, 3.63) is 71.8 Å². The van der Waals surface area contributed by atoms with Crippen molar-refractivity contribution in [2.75, 3.05) is 13.2 Å². The SMILES string of the molecule is Cc1ccccc1-c1cccc(C(F)(F)[C@H](O)C=C[C@H]2CCOC(=O)N2CCCCCCC(=O)O)c1. The first kappa shape index (κ1) is 27.3. The summed E-state index contributed by atoms with van der Waals surface area (Å²) >= 11 is 0. The molecule has 0 spiro atoms. The number of halogens is 2. The number of amides is 1. The standard InChI is InChI=1S/C28H33F2NO5/c1-20-9-5-6-12-24(20)21-10-8-11-22(19-21)28(29,30)25(32)15-14-23-16-18-36-27(35)31(23)17-7-3-2-4-13-26(33)34/h5-6,8-12,14-15,19,23,25,32H,2-4,7,13,16-18H2,1H3,(H,33,34)/t23-,25+/m0/s1.